The van der Waals surface area contributed by atoms with E-state index < -0.39 is 6.10 Å². The van der Waals surface area contributed by atoms with Crippen LogP contribution in [0.3, 0.4) is 0 Å². The first kappa shape index (κ1) is 16.1. The second kappa shape index (κ2) is 7.21. The molecule has 0 radical (unpaired) electrons. The van der Waals surface area contributed by atoms with Crippen LogP contribution in [-0.2, 0) is 6.54 Å². The number of hydrogen-bond donors (Lipinski definition) is 1. The van der Waals surface area contributed by atoms with Gasteiger partial charge in [-0.15, -0.1) is 0 Å². The third kappa shape index (κ3) is 4.16. The summed E-state index contributed by atoms with van der Waals surface area (Å²) < 4.78 is 5.02. The summed E-state index contributed by atoms with van der Waals surface area (Å²) in [7, 11) is 2.09. The molecule has 2 heterocycles. The molecule has 0 spiro atoms. The van der Waals surface area contributed by atoms with Crippen LogP contribution in [0.1, 0.15) is 29.8 Å². The lowest BCUT2D eigenvalue weighted by Crippen LogP contribution is -2.35. The zero-order valence-electron chi connectivity index (χ0n) is 13.7. The molecule has 0 aliphatic carbocycles. The number of likely N-dealkylation sites (N-methyl/N-ethyl adjacent to an activating group) is 1. The van der Waals surface area contributed by atoms with Crippen molar-refractivity contribution in [1.82, 2.24) is 19.9 Å². The van der Waals surface area contributed by atoms with Crippen molar-refractivity contribution in [2.24, 2.45) is 0 Å². The molecule has 6 heteroatoms. The molecular formula is C17H24N4O2. The van der Waals surface area contributed by atoms with Crippen LogP contribution in [0.5, 0.6) is 0 Å². The Hall–Kier alpha value is -1.76. The van der Waals surface area contributed by atoms with Crippen molar-refractivity contribution in [3.63, 3.8) is 0 Å². The maximum absolute atomic E-state index is 10.4. The molecule has 1 fully saturated rings. The highest BCUT2D eigenvalue weighted by Crippen LogP contribution is 2.20. The second-order valence-electron chi connectivity index (χ2n) is 6.27. The van der Waals surface area contributed by atoms with Crippen LogP contribution < -0.4 is 0 Å². The SMILES string of the molecule is Cc1nc(CN(C)[C@H]2CCN(C[C@H](O)c3ccccc3)C2)no1. The summed E-state index contributed by atoms with van der Waals surface area (Å²) in [5.41, 5.74) is 0.978. The van der Waals surface area contributed by atoms with Crippen molar-refractivity contribution in [3.8, 4) is 0 Å². The summed E-state index contributed by atoms with van der Waals surface area (Å²) in [6.45, 7) is 5.13. The average Bonchev–Trinajstić information content (AvgIpc) is 3.17. The summed E-state index contributed by atoms with van der Waals surface area (Å²) in [5, 5.41) is 14.3. The maximum atomic E-state index is 10.4. The van der Waals surface area contributed by atoms with E-state index >= 15 is 0 Å². The van der Waals surface area contributed by atoms with Crippen molar-refractivity contribution in [1.29, 1.82) is 0 Å². The zero-order valence-corrected chi connectivity index (χ0v) is 13.7. The summed E-state index contributed by atoms with van der Waals surface area (Å²) in [6, 6.07) is 10.3. The Balaban J connectivity index is 1.50. The molecule has 0 bridgehead atoms. The molecule has 124 valence electrons. The first-order valence-electron chi connectivity index (χ1n) is 8.06. The van der Waals surface area contributed by atoms with Crippen molar-refractivity contribution in [2.45, 2.75) is 32.0 Å². The van der Waals surface area contributed by atoms with E-state index in [9.17, 15) is 5.11 Å². The number of likely N-dealkylation sites (tertiary alicyclic amines) is 1. The quantitative estimate of drug-likeness (QED) is 0.873. The molecule has 2 aromatic rings. The van der Waals surface area contributed by atoms with E-state index in [2.05, 4.69) is 27.0 Å². The predicted molar refractivity (Wildman–Crippen MR) is 86.7 cm³/mol. The molecule has 1 aromatic carbocycles. The van der Waals surface area contributed by atoms with Crippen LogP contribution in [0, 0.1) is 6.92 Å². The number of rotatable bonds is 6. The van der Waals surface area contributed by atoms with Gasteiger partial charge in [0.05, 0.1) is 12.6 Å². The summed E-state index contributed by atoms with van der Waals surface area (Å²) in [6.07, 6.45) is 0.662. The molecule has 1 N–H and O–H groups in total. The molecule has 2 atom stereocenters. The number of benzene rings is 1. The van der Waals surface area contributed by atoms with Gasteiger partial charge in [-0.1, -0.05) is 35.5 Å². The van der Waals surface area contributed by atoms with Crippen LogP contribution in [-0.4, -0.2) is 57.8 Å². The molecule has 1 aliphatic rings. The monoisotopic (exact) mass is 316 g/mol. The fraction of sp³-hybridized carbons (Fsp3) is 0.529. The topological polar surface area (TPSA) is 65.6 Å². The minimum atomic E-state index is -0.430. The molecule has 1 saturated heterocycles. The van der Waals surface area contributed by atoms with Gasteiger partial charge in [0.1, 0.15) is 0 Å². The van der Waals surface area contributed by atoms with Gasteiger partial charge in [-0.05, 0) is 25.6 Å². The Morgan fingerprint density at radius 2 is 2.17 bits per heavy atom. The van der Waals surface area contributed by atoms with Gasteiger partial charge < -0.3 is 9.63 Å². The lowest BCUT2D eigenvalue weighted by molar-refractivity contribution is 0.120. The van der Waals surface area contributed by atoms with E-state index in [0.29, 0.717) is 25.0 Å². The number of β-amino-alcohol motifs (C(OH)–C–C–N with tert-alkyl or cyclic N) is 1. The highest BCUT2D eigenvalue weighted by atomic mass is 16.5. The Labute approximate surface area is 136 Å². The van der Waals surface area contributed by atoms with E-state index in [0.717, 1.165) is 30.9 Å². The largest absolute Gasteiger partial charge is 0.387 e. The first-order chi connectivity index (χ1) is 11.1. The third-order valence-corrected chi connectivity index (χ3v) is 4.45. The summed E-state index contributed by atoms with van der Waals surface area (Å²) in [4.78, 5) is 8.84. The van der Waals surface area contributed by atoms with Crippen LogP contribution >= 0.6 is 0 Å². The Kier molecular flexibility index (Phi) is 5.05. The van der Waals surface area contributed by atoms with E-state index in [1.54, 1.807) is 6.92 Å². The van der Waals surface area contributed by atoms with E-state index in [4.69, 9.17) is 4.52 Å². The van der Waals surface area contributed by atoms with Crippen LogP contribution in [0.4, 0.5) is 0 Å². The number of aliphatic hydroxyl groups excluding tert-OH is 1. The number of nitrogens with zero attached hydrogens (tertiary/aromatic N) is 4. The van der Waals surface area contributed by atoms with Crippen molar-refractivity contribution >= 4 is 0 Å². The highest BCUT2D eigenvalue weighted by Gasteiger charge is 2.27. The molecule has 0 amide bonds. The summed E-state index contributed by atoms with van der Waals surface area (Å²) >= 11 is 0. The van der Waals surface area contributed by atoms with Crippen LogP contribution in [0.15, 0.2) is 34.9 Å². The molecule has 0 saturated carbocycles. The van der Waals surface area contributed by atoms with Gasteiger partial charge in [0.15, 0.2) is 5.82 Å². The number of hydrogen-bond acceptors (Lipinski definition) is 6. The lowest BCUT2D eigenvalue weighted by Gasteiger charge is -2.24. The van der Waals surface area contributed by atoms with Crippen molar-refractivity contribution in [3.05, 3.63) is 47.6 Å². The fourth-order valence-electron chi connectivity index (χ4n) is 3.12. The first-order valence-corrected chi connectivity index (χ1v) is 8.06. The Morgan fingerprint density at radius 3 is 2.87 bits per heavy atom. The van der Waals surface area contributed by atoms with Crippen LogP contribution in [0.25, 0.3) is 0 Å². The molecule has 3 rings (SSSR count). The fourth-order valence-corrected chi connectivity index (χ4v) is 3.12. The van der Waals surface area contributed by atoms with E-state index in [1.165, 1.54) is 0 Å². The predicted octanol–water partition coefficient (Wildman–Crippen LogP) is 1.62. The van der Waals surface area contributed by atoms with E-state index in [1.807, 2.05) is 30.3 Å². The molecule has 1 aliphatic heterocycles. The third-order valence-electron chi connectivity index (χ3n) is 4.45. The van der Waals surface area contributed by atoms with Gasteiger partial charge in [0.2, 0.25) is 5.89 Å². The normalized spacial score (nSPS) is 20.3. The number of aliphatic hydroxyl groups is 1. The van der Waals surface area contributed by atoms with Gasteiger partial charge in [-0.25, -0.2) is 0 Å². The maximum Gasteiger partial charge on any atom is 0.223 e. The minimum Gasteiger partial charge on any atom is -0.387 e. The van der Waals surface area contributed by atoms with Gasteiger partial charge in [0, 0.05) is 26.1 Å². The van der Waals surface area contributed by atoms with Gasteiger partial charge in [-0.2, -0.15) is 4.98 Å². The smallest absolute Gasteiger partial charge is 0.223 e. The molecule has 0 unspecified atom stereocenters. The Bertz CT molecular complexity index is 616. The van der Waals surface area contributed by atoms with E-state index in [-0.39, 0.29) is 0 Å². The second-order valence-corrected chi connectivity index (χ2v) is 6.27. The standard InChI is InChI=1S/C17H24N4O2/c1-13-18-17(19-23-13)12-20(2)15-8-9-21(10-15)11-16(22)14-6-4-3-5-7-14/h3-7,15-16,22H,8-12H2,1-2H3/t15-,16-/m0/s1. The lowest BCUT2D eigenvalue weighted by atomic mass is 10.1. The highest BCUT2D eigenvalue weighted by molar-refractivity contribution is 5.17. The van der Waals surface area contributed by atoms with Crippen molar-refractivity contribution in [2.75, 3.05) is 26.7 Å². The van der Waals surface area contributed by atoms with Gasteiger partial charge >= 0.3 is 0 Å². The minimum absolute atomic E-state index is 0.430. The van der Waals surface area contributed by atoms with Gasteiger partial charge in [-0.3, -0.25) is 9.80 Å². The number of aryl methyl sites for hydroxylation is 1. The Morgan fingerprint density at radius 1 is 1.39 bits per heavy atom. The molecular weight excluding hydrogens is 292 g/mol. The summed E-state index contributed by atoms with van der Waals surface area (Å²) in [5.74, 6) is 1.33. The average molecular weight is 316 g/mol. The molecule has 6 nitrogen and oxygen atoms in total. The van der Waals surface area contributed by atoms with Gasteiger partial charge in [0.25, 0.3) is 0 Å². The number of aromatic nitrogens is 2. The zero-order chi connectivity index (χ0) is 16.2. The molecule has 1 aromatic heterocycles. The van der Waals surface area contributed by atoms with Crippen LogP contribution in [0.2, 0.25) is 0 Å². The molecule has 23 heavy (non-hydrogen) atoms. The van der Waals surface area contributed by atoms with Crippen molar-refractivity contribution < 1.29 is 9.63 Å².